The third-order valence-electron chi connectivity index (χ3n) is 6.00. The van der Waals surface area contributed by atoms with Gasteiger partial charge in [-0.05, 0) is 121 Å². The van der Waals surface area contributed by atoms with Gasteiger partial charge in [-0.1, -0.05) is 45.8 Å². The zero-order valence-corrected chi connectivity index (χ0v) is 25.4. The molecule has 0 N–H and O–H groups in total. The van der Waals surface area contributed by atoms with Gasteiger partial charge in [-0.25, -0.2) is 9.36 Å². The molecule has 0 saturated heterocycles. The Labute approximate surface area is 236 Å². The van der Waals surface area contributed by atoms with Gasteiger partial charge in [0.15, 0.2) is 0 Å². The number of rotatable bonds is 4. The average molecular weight is 706 g/mol. The number of hydrogen-bond donors (Lipinski definition) is 0. The molecule has 0 atom stereocenters. The lowest BCUT2D eigenvalue weighted by Crippen LogP contribution is -2.04. The summed E-state index contributed by atoms with van der Waals surface area (Å²) >= 11 is 6.36. The molecule has 2 aromatic carbocycles. The van der Waals surface area contributed by atoms with Crippen molar-refractivity contribution in [2.75, 3.05) is 0 Å². The van der Waals surface area contributed by atoms with Crippen LogP contribution in [0.3, 0.4) is 0 Å². The molecule has 9 heteroatoms. The second-order valence-corrected chi connectivity index (χ2v) is 12.1. The maximum absolute atomic E-state index is 4.55. The van der Waals surface area contributed by atoms with Crippen LogP contribution in [-0.2, 0) is 0 Å². The van der Waals surface area contributed by atoms with E-state index < -0.39 is 0 Å². The molecule has 0 unspecified atom stereocenters. The lowest BCUT2D eigenvalue weighted by molar-refractivity contribution is 0.781. The third-order valence-corrected chi connectivity index (χ3v) is 9.03. The molecule has 3 aromatic heterocycles. The summed E-state index contributed by atoms with van der Waals surface area (Å²) in [5.74, 6) is 0. The monoisotopic (exact) mass is 706 g/mol. The lowest BCUT2D eigenvalue weighted by atomic mass is 10.1. The quantitative estimate of drug-likeness (QED) is 0.184. The van der Waals surface area contributed by atoms with E-state index >= 15 is 0 Å². The van der Waals surface area contributed by atoms with Gasteiger partial charge < -0.3 is 0 Å². The maximum atomic E-state index is 4.55. The van der Waals surface area contributed by atoms with E-state index in [1.807, 2.05) is 9.36 Å². The highest BCUT2D eigenvalue weighted by Crippen LogP contribution is 2.38. The van der Waals surface area contributed by atoms with Crippen LogP contribution < -0.4 is 0 Å². The summed E-state index contributed by atoms with van der Waals surface area (Å²) in [7, 11) is 0. The molecule has 0 aliphatic carbocycles. The number of thiophene rings is 1. The fourth-order valence-electron chi connectivity index (χ4n) is 4.73. The standard InChI is InChI=1S/C26H24I2N6S/c1-13-9-15(3)23(16(4)10-13)33-25(27)21(29-31-33)19-7-8-20(35-19)22-26(28)34(32-30-22)24-17(5)11-14(2)12-18(24)6/h7-12H,1-6H3. The van der Waals surface area contributed by atoms with Crippen molar-refractivity contribution < 1.29 is 0 Å². The number of benzene rings is 2. The van der Waals surface area contributed by atoms with Crippen molar-refractivity contribution in [3.8, 4) is 32.5 Å². The van der Waals surface area contributed by atoms with E-state index in [-0.39, 0.29) is 0 Å². The van der Waals surface area contributed by atoms with Crippen LogP contribution in [0, 0.1) is 48.9 Å². The summed E-state index contributed by atoms with van der Waals surface area (Å²) in [4.78, 5) is 2.12. The molecule has 5 rings (SSSR count). The normalized spacial score (nSPS) is 11.4. The van der Waals surface area contributed by atoms with Crippen molar-refractivity contribution in [3.05, 3.63) is 77.2 Å². The van der Waals surface area contributed by atoms with Crippen LogP contribution in [0.25, 0.3) is 32.5 Å². The largest absolute Gasteiger partial charge is 0.206 e. The Balaban J connectivity index is 1.53. The van der Waals surface area contributed by atoms with Crippen LogP contribution in [-0.4, -0.2) is 30.0 Å². The van der Waals surface area contributed by atoms with Gasteiger partial charge >= 0.3 is 0 Å². The fourth-order valence-corrected chi connectivity index (χ4v) is 7.55. The van der Waals surface area contributed by atoms with E-state index in [0.717, 1.165) is 39.9 Å². The predicted molar refractivity (Wildman–Crippen MR) is 159 cm³/mol. The lowest BCUT2D eigenvalue weighted by Gasteiger charge is -2.11. The summed E-state index contributed by atoms with van der Waals surface area (Å²) < 4.78 is 5.88. The molecule has 3 heterocycles. The molecule has 0 aliphatic rings. The number of aryl methyl sites for hydroxylation is 6. The summed E-state index contributed by atoms with van der Waals surface area (Å²) in [5.41, 5.74) is 11.2. The number of hydrogen-bond acceptors (Lipinski definition) is 5. The average Bonchev–Trinajstić information content (AvgIpc) is 3.47. The van der Waals surface area contributed by atoms with Crippen LogP contribution in [0.1, 0.15) is 33.4 Å². The topological polar surface area (TPSA) is 61.4 Å². The first-order chi connectivity index (χ1) is 16.7. The molecule has 0 fully saturated rings. The number of aromatic nitrogens is 6. The highest BCUT2D eigenvalue weighted by atomic mass is 127. The van der Waals surface area contributed by atoms with Crippen LogP contribution in [0.5, 0.6) is 0 Å². The Hall–Kier alpha value is -2.12. The molecule has 178 valence electrons. The highest BCUT2D eigenvalue weighted by Gasteiger charge is 2.21. The van der Waals surface area contributed by atoms with E-state index in [0.29, 0.717) is 0 Å². The van der Waals surface area contributed by atoms with Crippen molar-refractivity contribution in [1.82, 2.24) is 30.0 Å². The molecule has 0 amide bonds. The molecular weight excluding hydrogens is 682 g/mol. The minimum atomic E-state index is 0.883. The van der Waals surface area contributed by atoms with E-state index in [9.17, 15) is 0 Å². The van der Waals surface area contributed by atoms with Gasteiger partial charge in [0.25, 0.3) is 0 Å². The zero-order chi connectivity index (χ0) is 25.0. The number of halogens is 2. The molecular formula is C26H24I2N6S. The van der Waals surface area contributed by atoms with Crippen molar-refractivity contribution in [2.45, 2.75) is 41.5 Å². The smallest absolute Gasteiger partial charge is 0.137 e. The maximum Gasteiger partial charge on any atom is 0.137 e. The first-order valence-corrected chi connectivity index (χ1v) is 14.1. The number of nitrogens with zero attached hydrogens (tertiary/aromatic N) is 6. The Kier molecular flexibility index (Phi) is 6.60. The second-order valence-electron chi connectivity index (χ2n) is 8.94. The van der Waals surface area contributed by atoms with Crippen molar-refractivity contribution in [3.63, 3.8) is 0 Å². The van der Waals surface area contributed by atoms with E-state index in [4.69, 9.17) is 0 Å². The van der Waals surface area contributed by atoms with Gasteiger partial charge in [0, 0.05) is 0 Å². The van der Waals surface area contributed by atoms with Gasteiger partial charge in [0.2, 0.25) is 0 Å². The molecule has 0 radical (unpaired) electrons. The van der Waals surface area contributed by atoms with Crippen LogP contribution in [0.15, 0.2) is 36.4 Å². The SMILES string of the molecule is Cc1cc(C)c(-n2nnc(-c3ccc(-c4nnn(-c5c(C)cc(C)cc5C)c4I)s3)c2I)c(C)c1. The molecule has 0 aliphatic heterocycles. The highest BCUT2D eigenvalue weighted by molar-refractivity contribution is 14.1. The fraction of sp³-hybridized carbons (Fsp3) is 0.231. The summed E-state index contributed by atoms with van der Waals surface area (Å²) in [5, 5.41) is 18.1. The van der Waals surface area contributed by atoms with Crippen molar-refractivity contribution in [2.24, 2.45) is 0 Å². The van der Waals surface area contributed by atoms with Gasteiger partial charge in [0.05, 0.1) is 21.1 Å². The van der Waals surface area contributed by atoms with Gasteiger partial charge in [-0.3, -0.25) is 0 Å². The minimum absolute atomic E-state index is 0.883. The van der Waals surface area contributed by atoms with E-state index in [1.54, 1.807) is 11.3 Å². The first kappa shape index (κ1) is 24.6. The van der Waals surface area contributed by atoms with E-state index in [1.165, 1.54) is 33.4 Å². The summed E-state index contributed by atoms with van der Waals surface area (Å²) in [6, 6.07) is 12.9. The van der Waals surface area contributed by atoms with Crippen LogP contribution in [0.4, 0.5) is 0 Å². The Morgan fingerprint density at radius 3 is 1.29 bits per heavy atom. The second kappa shape index (κ2) is 9.40. The third kappa shape index (κ3) is 4.35. The zero-order valence-electron chi connectivity index (χ0n) is 20.3. The van der Waals surface area contributed by atoms with Crippen LogP contribution >= 0.6 is 56.5 Å². The molecule has 35 heavy (non-hydrogen) atoms. The Bertz CT molecular complexity index is 1430. The van der Waals surface area contributed by atoms with E-state index in [2.05, 4.69) is 144 Å². The molecule has 6 nitrogen and oxygen atoms in total. The van der Waals surface area contributed by atoms with Gasteiger partial charge in [0.1, 0.15) is 18.8 Å². The molecule has 0 bridgehead atoms. The minimum Gasteiger partial charge on any atom is -0.206 e. The van der Waals surface area contributed by atoms with Crippen molar-refractivity contribution >= 4 is 56.5 Å². The van der Waals surface area contributed by atoms with Crippen LogP contribution in [0.2, 0.25) is 0 Å². The molecule has 5 aromatic rings. The summed E-state index contributed by atoms with van der Waals surface area (Å²) in [6.07, 6.45) is 0. The molecule has 0 spiro atoms. The Morgan fingerprint density at radius 2 is 0.943 bits per heavy atom. The van der Waals surface area contributed by atoms with Gasteiger partial charge in [-0.2, -0.15) is 0 Å². The summed E-state index contributed by atoms with van der Waals surface area (Å²) in [6.45, 7) is 12.7. The van der Waals surface area contributed by atoms with Gasteiger partial charge in [-0.15, -0.1) is 21.5 Å². The first-order valence-electron chi connectivity index (χ1n) is 11.1. The van der Waals surface area contributed by atoms with Crippen molar-refractivity contribution in [1.29, 1.82) is 0 Å². The predicted octanol–water partition coefficient (Wildman–Crippen LogP) is 7.30. The molecule has 0 saturated carbocycles. The Morgan fingerprint density at radius 1 is 0.600 bits per heavy atom.